The molecule has 0 spiro atoms. The van der Waals surface area contributed by atoms with Crippen molar-refractivity contribution in [3.8, 4) is 0 Å². The summed E-state index contributed by atoms with van der Waals surface area (Å²) in [6, 6.07) is 0. The molecule has 0 fully saturated rings. The van der Waals surface area contributed by atoms with Gasteiger partial charge in [-0.05, 0) is 21.0 Å². The van der Waals surface area contributed by atoms with Crippen molar-refractivity contribution < 1.29 is 53.0 Å². The van der Waals surface area contributed by atoms with Crippen LogP contribution >= 0.6 is 7.60 Å². The van der Waals surface area contributed by atoms with Crippen molar-refractivity contribution in [3.63, 3.8) is 0 Å². The summed E-state index contributed by atoms with van der Waals surface area (Å²) in [6.45, 7) is 3.75. The Balaban J connectivity index is 0. The smallest absolute Gasteiger partial charge is 0.616 e. The maximum absolute atomic E-state index is 11.6. The van der Waals surface area contributed by atoms with Gasteiger partial charge in [0.05, 0.1) is 19.2 Å². The zero-order valence-corrected chi connectivity index (χ0v) is 11.9. The zero-order valence-electron chi connectivity index (χ0n) is 8.98. The Morgan fingerprint density at radius 1 is 1.36 bits per heavy atom. The van der Waals surface area contributed by atoms with E-state index < -0.39 is 13.5 Å². The quantitative estimate of drug-likeness (QED) is 0.303. The van der Waals surface area contributed by atoms with Crippen molar-refractivity contribution >= 4 is 7.60 Å². The third kappa shape index (κ3) is 6.87. The maximum Gasteiger partial charge on any atom is 1.00 e. The summed E-state index contributed by atoms with van der Waals surface area (Å²) < 4.78 is 25.5. The molecule has 0 aliphatic heterocycles. The van der Waals surface area contributed by atoms with Gasteiger partial charge < -0.3 is 18.9 Å². The number of ether oxygens (including phenoxy) is 1. The van der Waals surface area contributed by atoms with Gasteiger partial charge in [0.1, 0.15) is 0 Å². The van der Waals surface area contributed by atoms with Gasteiger partial charge in [0, 0.05) is 5.82 Å². The molecule has 0 bridgehead atoms. The predicted octanol–water partition coefficient (Wildman–Crippen LogP) is -1.94. The molecule has 0 saturated carbocycles. The van der Waals surface area contributed by atoms with E-state index in [9.17, 15) is 9.67 Å². The molecule has 0 unspecified atom stereocenters. The maximum atomic E-state index is 11.6. The van der Waals surface area contributed by atoms with E-state index >= 15 is 0 Å². The van der Waals surface area contributed by atoms with E-state index in [0.29, 0.717) is 0 Å². The molecule has 7 heteroatoms. The molecular formula is C7H14NaO5P. The SMILES string of the molecule is CCOP(=O)(C=C([O-])OC)OCC.[Na+]. The molecule has 0 radical (unpaired) electrons. The minimum absolute atomic E-state index is 0. The molecule has 0 aliphatic carbocycles. The van der Waals surface area contributed by atoms with Crippen LogP contribution in [-0.4, -0.2) is 20.3 Å². The van der Waals surface area contributed by atoms with Crippen molar-refractivity contribution in [1.82, 2.24) is 0 Å². The van der Waals surface area contributed by atoms with Crippen LogP contribution in [-0.2, 0) is 18.3 Å². The number of rotatable bonds is 6. The van der Waals surface area contributed by atoms with Crippen LogP contribution in [0.15, 0.2) is 11.8 Å². The standard InChI is InChI=1S/C7H15O5P.Na/c1-4-11-13(9,12-5-2)6-7(8)10-3;/h6,8H,4-5H2,1-3H3;/q;+1/p-1. The molecule has 78 valence electrons. The van der Waals surface area contributed by atoms with Crippen molar-refractivity contribution in [2.45, 2.75) is 13.8 Å². The Labute approximate surface area is 106 Å². The van der Waals surface area contributed by atoms with Crippen LogP contribution in [0.1, 0.15) is 13.8 Å². The molecule has 0 rings (SSSR count). The van der Waals surface area contributed by atoms with Crippen LogP contribution in [0.3, 0.4) is 0 Å². The largest absolute Gasteiger partial charge is 1.00 e. The van der Waals surface area contributed by atoms with Crippen LogP contribution in [0.5, 0.6) is 0 Å². The fraction of sp³-hybridized carbons (Fsp3) is 0.714. The Kier molecular flexibility index (Phi) is 10.6. The average molecular weight is 232 g/mol. The Morgan fingerprint density at radius 3 is 2.07 bits per heavy atom. The summed E-state index contributed by atoms with van der Waals surface area (Å²) in [5, 5.41) is 10.8. The number of methoxy groups -OCH3 is 1. The summed E-state index contributed by atoms with van der Waals surface area (Å²) in [7, 11) is -2.20. The molecule has 0 aromatic heterocycles. The van der Waals surface area contributed by atoms with Gasteiger partial charge in [0.2, 0.25) is 0 Å². The molecule has 0 aliphatic rings. The average Bonchev–Trinajstić information content (AvgIpc) is 2.04. The minimum atomic E-state index is -3.39. The number of hydrogen-bond donors (Lipinski definition) is 0. The minimum Gasteiger partial charge on any atom is -0.616 e. The van der Waals surface area contributed by atoms with Crippen molar-refractivity contribution in [2.24, 2.45) is 0 Å². The second-order valence-corrected chi connectivity index (χ2v) is 3.88. The first-order chi connectivity index (χ1) is 6.08. The van der Waals surface area contributed by atoms with E-state index in [1.807, 2.05) is 0 Å². The van der Waals surface area contributed by atoms with E-state index in [-0.39, 0.29) is 42.8 Å². The van der Waals surface area contributed by atoms with E-state index in [2.05, 4.69) is 4.74 Å². The topological polar surface area (TPSA) is 67.8 Å². The van der Waals surface area contributed by atoms with Gasteiger partial charge in [-0.25, -0.2) is 0 Å². The van der Waals surface area contributed by atoms with Gasteiger partial charge in [-0.2, -0.15) is 0 Å². The second-order valence-electron chi connectivity index (χ2n) is 2.03. The van der Waals surface area contributed by atoms with Crippen molar-refractivity contribution in [2.75, 3.05) is 20.3 Å². The summed E-state index contributed by atoms with van der Waals surface area (Å²) in [5.74, 6) is 0.116. The van der Waals surface area contributed by atoms with E-state index in [4.69, 9.17) is 9.05 Å². The van der Waals surface area contributed by atoms with Crippen molar-refractivity contribution in [1.29, 1.82) is 0 Å². The normalized spacial score (nSPS) is 12.1. The summed E-state index contributed by atoms with van der Waals surface area (Å²) in [5.41, 5.74) is 0. The van der Waals surface area contributed by atoms with Crippen molar-refractivity contribution in [3.05, 3.63) is 11.8 Å². The molecule has 0 amide bonds. The van der Waals surface area contributed by atoms with E-state index in [1.54, 1.807) is 13.8 Å². The zero-order chi connectivity index (χ0) is 10.3. The fourth-order valence-corrected chi connectivity index (χ4v) is 1.96. The van der Waals surface area contributed by atoms with Gasteiger partial charge in [0.25, 0.3) is 0 Å². The van der Waals surface area contributed by atoms with Crippen LogP contribution in [0.2, 0.25) is 0 Å². The monoisotopic (exact) mass is 232 g/mol. The molecule has 14 heavy (non-hydrogen) atoms. The molecule has 0 N–H and O–H groups in total. The van der Waals surface area contributed by atoms with Gasteiger partial charge in [-0.15, -0.1) is 0 Å². The second kappa shape index (κ2) is 8.77. The molecule has 0 saturated heterocycles. The first-order valence-electron chi connectivity index (χ1n) is 3.90. The van der Waals surface area contributed by atoms with Crippen LogP contribution in [0.4, 0.5) is 0 Å². The fourth-order valence-electron chi connectivity index (χ4n) is 0.653. The summed E-state index contributed by atoms with van der Waals surface area (Å²) in [4.78, 5) is 0. The summed E-state index contributed by atoms with van der Waals surface area (Å²) >= 11 is 0. The van der Waals surface area contributed by atoms with E-state index in [0.717, 1.165) is 5.82 Å². The van der Waals surface area contributed by atoms with Gasteiger partial charge in [0.15, 0.2) is 0 Å². The molecule has 5 nitrogen and oxygen atoms in total. The first kappa shape index (κ1) is 16.9. The first-order valence-corrected chi connectivity index (χ1v) is 5.51. The van der Waals surface area contributed by atoms with Crippen LogP contribution < -0.4 is 34.7 Å². The Bertz CT molecular complexity index is 208. The molecule has 0 aromatic rings. The Morgan fingerprint density at radius 2 is 1.79 bits per heavy atom. The van der Waals surface area contributed by atoms with Crippen LogP contribution in [0, 0.1) is 0 Å². The molecule has 0 atom stereocenters. The Hall–Kier alpha value is 0.490. The van der Waals surface area contributed by atoms with Crippen LogP contribution in [0.25, 0.3) is 0 Å². The summed E-state index contributed by atoms with van der Waals surface area (Å²) in [6.07, 6.45) is 0. The third-order valence-corrected chi connectivity index (χ3v) is 2.85. The van der Waals surface area contributed by atoms with E-state index in [1.165, 1.54) is 7.11 Å². The molecule has 0 aromatic carbocycles. The van der Waals surface area contributed by atoms with Gasteiger partial charge in [-0.3, -0.25) is 4.57 Å². The van der Waals surface area contributed by atoms with Gasteiger partial charge in [-0.1, -0.05) is 0 Å². The molecule has 0 heterocycles. The molecular weight excluding hydrogens is 218 g/mol. The number of hydrogen-bond acceptors (Lipinski definition) is 5. The third-order valence-electron chi connectivity index (χ3n) is 1.08. The predicted molar refractivity (Wildman–Crippen MR) is 46.0 cm³/mol. The van der Waals surface area contributed by atoms with Gasteiger partial charge >= 0.3 is 37.2 Å².